The highest BCUT2D eigenvalue weighted by atomic mass is 16.3. The zero-order valence-electron chi connectivity index (χ0n) is 44.0. The van der Waals surface area contributed by atoms with Gasteiger partial charge in [0, 0.05) is 50.3 Å². The summed E-state index contributed by atoms with van der Waals surface area (Å²) < 4.78 is 6.52. The van der Waals surface area contributed by atoms with Crippen molar-refractivity contribution in [2.75, 3.05) is 9.80 Å². The molecule has 3 heteroatoms. The third kappa shape index (κ3) is 7.34. The molecule has 0 unspecified atom stereocenters. The molecule has 3 nitrogen and oxygen atoms in total. The summed E-state index contributed by atoms with van der Waals surface area (Å²) in [5.41, 5.74) is 21.6. The van der Waals surface area contributed by atoms with Gasteiger partial charge in [-0.25, -0.2) is 0 Å². The second-order valence-electron chi connectivity index (χ2n) is 21.2. The molecule has 0 amide bonds. The molecule has 0 bridgehead atoms. The Bertz CT molecular complexity index is 4290. The lowest BCUT2D eigenvalue weighted by Crippen LogP contribution is -2.29. The Morgan fingerprint density at radius 3 is 1.59 bits per heavy atom. The van der Waals surface area contributed by atoms with Crippen molar-refractivity contribution in [2.45, 2.75) is 31.6 Å². The second-order valence-corrected chi connectivity index (χ2v) is 21.2. The predicted octanol–water partition coefficient (Wildman–Crippen LogP) is 20.5. The van der Waals surface area contributed by atoms with Crippen LogP contribution in [-0.4, -0.2) is 0 Å². The second kappa shape index (κ2) is 18.5. The van der Waals surface area contributed by atoms with Gasteiger partial charge in [-0.15, -0.1) is 0 Å². The van der Waals surface area contributed by atoms with E-state index in [1.54, 1.807) is 0 Å². The van der Waals surface area contributed by atoms with E-state index in [0.29, 0.717) is 0 Å². The Labute approximate surface area is 456 Å². The molecular formula is C75H56N2O. The van der Waals surface area contributed by atoms with E-state index in [4.69, 9.17) is 4.42 Å². The van der Waals surface area contributed by atoms with Crippen LogP contribution in [0.15, 0.2) is 290 Å². The molecule has 0 saturated carbocycles. The summed E-state index contributed by atoms with van der Waals surface area (Å²) in [6, 6.07) is 93.4. The lowest BCUT2D eigenvalue weighted by atomic mass is 9.66. The predicted molar refractivity (Wildman–Crippen MR) is 328 cm³/mol. The summed E-state index contributed by atoms with van der Waals surface area (Å²) in [6.07, 6.45) is 6.51. The number of nitrogens with zero attached hydrogens (tertiary/aromatic N) is 2. The number of rotatable bonds is 11. The molecule has 78 heavy (non-hydrogen) atoms. The van der Waals surface area contributed by atoms with Gasteiger partial charge in [0.2, 0.25) is 0 Å². The fourth-order valence-corrected chi connectivity index (χ4v) is 13.0. The molecule has 0 atom stereocenters. The molecule has 1 aromatic heterocycles. The average Bonchev–Trinajstić information content (AvgIpc) is 4.29. The lowest BCUT2D eigenvalue weighted by molar-refractivity contribution is 0.661. The van der Waals surface area contributed by atoms with Gasteiger partial charge in [0.25, 0.3) is 0 Å². The Morgan fingerprint density at radius 2 is 0.936 bits per heavy atom. The quantitative estimate of drug-likeness (QED) is 0.129. The molecule has 0 spiro atoms. The highest BCUT2D eigenvalue weighted by Crippen LogP contribution is 2.57. The fourth-order valence-electron chi connectivity index (χ4n) is 13.0. The maximum Gasteiger partial charge on any atom is 0.135 e. The molecule has 2 aliphatic carbocycles. The van der Waals surface area contributed by atoms with Crippen LogP contribution in [0.3, 0.4) is 0 Å². The molecule has 372 valence electrons. The zero-order chi connectivity index (χ0) is 52.5. The van der Waals surface area contributed by atoms with E-state index in [1.807, 2.05) is 12.1 Å². The van der Waals surface area contributed by atoms with Crippen LogP contribution in [0.25, 0.3) is 60.5 Å². The zero-order valence-corrected chi connectivity index (χ0v) is 44.0. The first-order valence-electron chi connectivity index (χ1n) is 27.0. The minimum Gasteiger partial charge on any atom is -0.456 e. The van der Waals surface area contributed by atoms with Crippen LogP contribution in [0.2, 0.25) is 0 Å². The van der Waals surface area contributed by atoms with Crippen molar-refractivity contribution in [3.63, 3.8) is 0 Å². The number of benzene rings is 11. The van der Waals surface area contributed by atoms with Crippen molar-refractivity contribution >= 4 is 72.4 Å². The minimum absolute atomic E-state index is 0.224. The molecular weight excluding hydrogens is 945 g/mol. The van der Waals surface area contributed by atoms with Crippen molar-refractivity contribution in [3.05, 3.63) is 319 Å². The summed E-state index contributed by atoms with van der Waals surface area (Å²) in [5.74, 6) is 0. The maximum atomic E-state index is 6.52. The number of para-hydroxylation sites is 3. The summed E-state index contributed by atoms with van der Waals surface area (Å²) in [4.78, 5) is 4.85. The fraction of sp³-hybridized carbons (Fsp3) is 0.0667. The van der Waals surface area contributed by atoms with Crippen LogP contribution in [0.5, 0.6) is 0 Å². The monoisotopic (exact) mass is 1000 g/mol. The minimum atomic E-state index is -0.661. The SMILES string of the molecule is C=CC1=C(/C=C\C)C(c2ccccc2)(c2ccccc2)c2cc(N(c3cc(-c4ccc5c(c4)C(C)(C)c4cc6ccccc6cc4-5)cc(N(c4ccccc4)c4ccccc4)c3)c3ccc4oc5ccccc5c4c3)ccc21. The van der Waals surface area contributed by atoms with Crippen LogP contribution in [0.1, 0.15) is 54.2 Å². The van der Waals surface area contributed by atoms with Gasteiger partial charge in [0.15, 0.2) is 0 Å². The first-order valence-corrected chi connectivity index (χ1v) is 27.0. The molecule has 0 fully saturated rings. The maximum absolute atomic E-state index is 6.52. The first-order chi connectivity index (χ1) is 38.3. The highest BCUT2D eigenvalue weighted by molar-refractivity contribution is 6.07. The summed E-state index contributed by atoms with van der Waals surface area (Å²) in [6.45, 7) is 11.4. The first kappa shape index (κ1) is 46.8. The van der Waals surface area contributed by atoms with E-state index in [9.17, 15) is 0 Å². The van der Waals surface area contributed by atoms with Crippen LogP contribution >= 0.6 is 0 Å². The summed E-state index contributed by atoms with van der Waals surface area (Å²) in [7, 11) is 0. The molecule has 0 aliphatic heterocycles. The Kier molecular flexibility index (Phi) is 11.1. The van der Waals surface area contributed by atoms with Gasteiger partial charge in [-0.2, -0.15) is 0 Å². The molecule has 0 saturated heterocycles. The third-order valence-electron chi connectivity index (χ3n) is 16.5. The smallest absolute Gasteiger partial charge is 0.135 e. The van der Waals surface area contributed by atoms with E-state index < -0.39 is 5.41 Å². The highest BCUT2D eigenvalue weighted by Gasteiger charge is 2.47. The molecule has 14 rings (SSSR count). The molecule has 1 heterocycles. The van der Waals surface area contributed by atoms with E-state index in [1.165, 1.54) is 55.3 Å². The molecule has 2 aliphatic rings. The topological polar surface area (TPSA) is 19.6 Å². The number of fused-ring (bicyclic) bond motifs is 8. The summed E-state index contributed by atoms with van der Waals surface area (Å²) in [5, 5.41) is 4.66. The van der Waals surface area contributed by atoms with Gasteiger partial charge < -0.3 is 14.2 Å². The normalized spacial score (nSPS) is 14.0. The average molecular weight is 1000 g/mol. The van der Waals surface area contributed by atoms with E-state index >= 15 is 0 Å². The van der Waals surface area contributed by atoms with Gasteiger partial charge in [0.1, 0.15) is 11.2 Å². The summed E-state index contributed by atoms with van der Waals surface area (Å²) >= 11 is 0. The Balaban J connectivity index is 1.05. The van der Waals surface area contributed by atoms with Crippen molar-refractivity contribution < 1.29 is 4.42 Å². The van der Waals surface area contributed by atoms with Crippen LogP contribution in [0.4, 0.5) is 34.1 Å². The standard InChI is InChI=1S/C75H56N2O/c1-5-23-68-62(6-2)63-40-37-59(49-71(63)75(68,54-26-11-7-12-27-54)55-28-13-8-14-29-55)77(58-38-41-73-67(48-58)65-34-21-22-35-72(65)78-73)61-43-53(42-60(47-61)76(56-30-15-9-16-31-56)57-32-17-10-18-33-57)52-36-39-64-66-44-50-24-19-20-25-51(50)45-70(66)74(3,4)69(64)46-52/h5-49H,2H2,1,3-4H3/b23-5-. The Morgan fingerprint density at radius 1 is 0.397 bits per heavy atom. The Hall–Kier alpha value is -9.70. The number of anilines is 6. The van der Waals surface area contributed by atoms with Crippen LogP contribution < -0.4 is 9.80 Å². The van der Waals surface area contributed by atoms with Crippen molar-refractivity contribution in [3.8, 4) is 22.3 Å². The van der Waals surface area contributed by atoms with Gasteiger partial charge in [-0.1, -0.05) is 196 Å². The molecule has 11 aromatic carbocycles. The molecule has 0 N–H and O–H groups in total. The van der Waals surface area contributed by atoms with Gasteiger partial charge in [-0.05, 0) is 182 Å². The molecule has 0 radical (unpaired) electrons. The van der Waals surface area contributed by atoms with Crippen LogP contribution in [0, 0.1) is 0 Å². The number of allylic oxidation sites excluding steroid dienone is 5. The van der Waals surface area contributed by atoms with Gasteiger partial charge >= 0.3 is 0 Å². The van der Waals surface area contributed by atoms with Crippen molar-refractivity contribution in [1.82, 2.24) is 0 Å². The number of hydrogen-bond donors (Lipinski definition) is 0. The van der Waals surface area contributed by atoms with Crippen molar-refractivity contribution in [2.24, 2.45) is 0 Å². The number of furan rings is 1. The largest absolute Gasteiger partial charge is 0.456 e. The number of hydrogen-bond acceptors (Lipinski definition) is 3. The molecule has 12 aromatic rings. The van der Waals surface area contributed by atoms with E-state index in [2.05, 4.69) is 298 Å². The van der Waals surface area contributed by atoms with Gasteiger partial charge in [-0.3, -0.25) is 0 Å². The van der Waals surface area contributed by atoms with Gasteiger partial charge in [0.05, 0.1) is 5.41 Å². The van der Waals surface area contributed by atoms with Crippen molar-refractivity contribution in [1.29, 1.82) is 0 Å². The third-order valence-corrected chi connectivity index (χ3v) is 16.5. The van der Waals surface area contributed by atoms with Crippen LogP contribution in [-0.2, 0) is 10.8 Å². The van der Waals surface area contributed by atoms with E-state index in [-0.39, 0.29) is 5.41 Å². The van der Waals surface area contributed by atoms with E-state index in [0.717, 1.165) is 78.3 Å². The lowest BCUT2D eigenvalue weighted by Gasteiger charge is -2.36.